The predicted octanol–water partition coefficient (Wildman–Crippen LogP) is 5.86. The lowest BCUT2D eigenvalue weighted by atomic mass is 9.93. The smallest absolute Gasteiger partial charge is 0.306 e. The number of para-hydroxylation sites is 1. The van der Waals surface area contributed by atoms with Crippen LogP contribution in [0.2, 0.25) is 0 Å². The molecule has 4 aromatic rings. The fraction of sp³-hybridized carbons (Fsp3) is 0.489. The topological polar surface area (TPSA) is 130 Å². The van der Waals surface area contributed by atoms with Gasteiger partial charge in [-0.25, -0.2) is 9.67 Å². The maximum atomic E-state index is 13.3. The van der Waals surface area contributed by atoms with Crippen LogP contribution in [-0.2, 0) is 36.8 Å². The highest BCUT2D eigenvalue weighted by molar-refractivity contribution is 5.94. The van der Waals surface area contributed by atoms with Crippen LogP contribution in [0, 0.1) is 19.8 Å². The average Bonchev–Trinajstić information content (AvgIpc) is 3.88. The molecule has 0 N–H and O–H groups in total. The SMILES string of the molecule is COC(=O)CC(CN1CCC(CCc2ccc3c(n2)N(C(=O)COc2ccccc2)CCC3)C1)c1cc(N2CCN(C(=O)CCCC=O)CC2)cc(-n2nc(C)cc2C)c1. The van der Waals surface area contributed by atoms with Gasteiger partial charge in [-0.05, 0) is 118 Å². The van der Waals surface area contributed by atoms with Gasteiger partial charge in [-0.15, -0.1) is 0 Å². The minimum absolute atomic E-state index is 0.0252. The van der Waals surface area contributed by atoms with E-state index >= 15 is 0 Å². The lowest BCUT2D eigenvalue weighted by Gasteiger charge is -2.37. The van der Waals surface area contributed by atoms with Crippen LogP contribution in [0.15, 0.2) is 66.7 Å². The molecule has 13 nitrogen and oxygen atoms in total. The molecular formula is C47H59N7O6. The van der Waals surface area contributed by atoms with Crippen molar-refractivity contribution < 1.29 is 28.7 Å². The number of benzene rings is 2. The zero-order chi connectivity index (χ0) is 42.0. The Hall–Kier alpha value is -5.56. The van der Waals surface area contributed by atoms with E-state index in [0.717, 1.165) is 96.9 Å². The number of rotatable bonds is 17. The van der Waals surface area contributed by atoms with E-state index in [1.165, 1.54) is 7.11 Å². The molecule has 3 aliphatic heterocycles. The van der Waals surface area contributed by atoms with Gasteiger partial charge >= 0.3 is 5.97 Å². The van der Waals surface area contributed by atoms with E-state index in [-0.39, 0.29) is 36.7 Å². The molecule has 2 aromatic heterocycles. The molecule has 13 heteroatoms. The van der Waals surface area contributed by atoms with Crippen molar-refractivity contribution in [2.45, 2.75) is 77.6 Å². The third-order valence-electron chi connectivity index (χ3n) is 12.2. The Balaban J connectivity index is 1.02. The number of nitrogens with zero attached hydrogens (tertiary/aromatic N) is 7. The highest BCUT2D eigenvalue weighted by Gasteiger charge is 2.30. The summed E-state index contributed by atoms with van der Waals surface area (Å²) in [5.74, 6) is 1.59. The summed E-state index contributed by atoms with van der Waals surface area (Å²) in [5, 5.41) is 4.82. The van der Waals surface area contributed by atoms with E-state index in [1.54, 1.807) is 4.90 Å². The summed E-state index contributed by atoms with van der Waals surface area (Å²) in [4.78, 5) is 63.4. The lowest BCUT2D eigenvalue weighted by Crippen LogP contribution is -2.48. The van der Waals surface area contributed by atoms with Crippen molar-refractivity contribution in [2.24, 2.45) is 5.92 Å². The van der Waals surface area contributed by atoms with Gasteiger partial charge in [-0.1, -0.05) is 24.3 Å². The predicted molar refractivity (Wildman–Crippen MR) is 231 cm³/mol. The number of likely N-dealkylation sites (tertiary alicyclic amines) is 1. The second kappa shape index (κ2) is 20.1. The summed E-state index contributed by atoms with van der Waals surface area (Å²) in [6.07, 6.45) is 7.18. The summed E-state index contributed by atoms with van der Waals surface area (Å²) >= 11 is 0. The molecule has 0 radical (unpaired) electrons. The molecule has 0 aliphatic carbocycles. The summed E-state index contributed by atoms with van der Waals surface area (Å²) < 4.78 is 13.0. The molecule has 318 valence electrons. The standard InChI is InChI=1S/C47H59N7O6/c1-34-26-35(2)54(49-34)42-28-38(27-41(30-42)51-21-23-52(24-22-51)44(56)13-7-8-25-55)39(29-46(58)59-3)32-50-20-18-36(31-50)14-16-40-17-15-37-10-9-19-53(47(37)48-40)45(57)33-60-43-11-5-4-6-12-43/h4-6,11-12,15,17,25-28,30,36,39H,7-10,13-14,16,18-24,29,31-33H2,1-3H3. The van der Waals surface area contributed by atoms with E-state index < -0.39 is 0 Å². The highest BCUT2D eigenvalue weighted by atomic mass is 16.5. The Labute approximate surface area is 353 Å². The second-order valence-electron chi connectivity index (χ2n) is 16.5. The number of aldehydes is 1. The highest BCUT2D eigenvalue weighted by Crippen LogP contribution is 2.33. The third kappa shape index (κ3) is 10.8. The number of esters is 1. The van der Waals surface area contributed by atoms with Crippen molar-refractivity contribution in [2.75, 3.05) is 75.9 Å². The van der Waals surface area contributed by atoms with Gasteiger partial charge in [0.1, 0.15) is 17.9 Å². The molecule has 2 unspecified atom stereocenters. The molecule has 0 spiro atoms. The minimum Gasteiger partial charge on any atom is -0.484 e. The maximum Gasteiger partial charge on any atom is 0.306 e. The number of pyridine rings is 1. The van der Waals surface area contributed by atoms with Crippen LogP contribution in [0.25, 0.3) is 5.69 Å². The summed E-state index contributed by atoms with van der Waals surface area (Å²) in [5.41, 5.74) is 7.10. The number of piperazine rings is 1. The number of hydrogen-bond donors (Lipinski definition) is 0. The molecule has 60 heavy (non-hydrogen) atoms. The van der Waals surface area contributed by atoms with Crippen LogP contribution < -0.4 is 14.5 Å². The van der Waals surface area contributed by atoms with Gasteiger partial charge in [-0.2, -0.15) is 5.10 Å². The lowest BCUT2D eigenvalue weighted by molar-refractivity contribution is -0.141. The first-order chi connectivity index (χ1) is 29.2. The van der Waals surface area contributed by atoms with E-state index in [1.807, 2.05) is 46.8 Å². The number of ether oxygens (including phenoxy) is 2. The van der Waals surface area contributed by atoms with Gasteiger partial charge in [0.15, 0.2) is 6.61 Å². The van der Waals surface area contributed by atoms with E-state index in [0.29, 0.717) is 70.2 Å². The van der Waals surface area contributed by atoms with Gasteiger partial charge in [-0.3, -0.25) is 19.3 Å². The van der Waals surface area contributed by atoms with Crippen LogP contribution in [0.5, 0.6) is 5.75 Å². The number of aromatic nitrogens is 3. The number of carbonyl (C=O) groups excluding carboxylic acids is 4. The molecule has 2 saturated heterocycles. The number of methoxy groups -OCH3 is 1. The fourth-order valence-corrected chi connectivity index (χ4v) is 8.91. The number of hydrogen-bond acceptors (Lipinski definition) is 10. The van der Waals surface area contributed by atoms with Crippen molar-refractivity contribution in [3.05, 3.63) is 94.9 Å². The molecular weight excluding hydrogens is 759 g/mol. The normalized spacial score (nSPS) is 17.3. The second-order valence-corrected chi connectivity index (χ2v) is 16.5. The number of aryl methyl sites for hydroxylation is 4. The van der Waals surface area contributed by atoms with Crippen molar-refractivity contribution >= 4 is 35.6 Å². The Kier molecular flexibility index (Phi) is 14.3. The van der Waals surface area contributed by atoms with Crippen molar-refractivity contribution in [3.63, 3.8) is 0 Å². The Bertz CT molecular complexity index is 2110. The first-order valence-corrected chi connectivity index (χ1v) is 21.6. The number of carbonyl (C=O) groups is 4. The van der Waals surface area contributed by atoms with Gasteiger partial charge in [0.2, 0.25) is 5.91 Å². The summed E-state index contributed by atoms with van der Waals surface area (Å²) in [7, 11) is 1.45. The molecule has 2 fully saturated rings. The summed E-state index contributed by atoms with van der Waals surface area (Å²) in [6, 6.07) is 22.3. The summed E-state index contributed by atoms with van der Waals surface area (Å²) in [6.45, 7) is 9.83. The number of amides is 2. The number of unbranched alkanes of at least 4 members (excludes halogenated alkanes) is 1. The average molecular weight is 818 g/mol. The molecule has 5 heterocycles. The first-order valence-electron chi connectivity index (χ1n) is 21.6. The third-order valence-corrected chi connectivity index (χ3v) is 12.2. The van der Waals surface area contributed by atoms with Crippen molar-refractivity contribution in [1.29, 1.82) is 0 Å². The van der Waals surface area contributed by atoms with Gasteiger partial charge in [0.25, 0.3) is 5.91 Å². The molecule has 7 rings (SSSR count). The largest absolute Gasteiger partial charge is 0.484 e. The molecule has 2 amide bonds. The maximum absolute atomic E-state index is 13.3. The molecule has 2 atom stereocenters. The van der Waals surface area contributed by atoms with Crippen molar-refractivity contribution in [3.8, 4) is 11.4 Å². The molecule has 0 saturated carbocycles. The number of anilines is 2. The van der Waals surface area contributed by atoms with Crippen molar-refractivity contribution in [1.82, 2.24) is 24.6 Å². The van der Waals surface area contributed by atoms with Crippen LogP contribution in [0.3, 0.4) is 0 Å². The van der Waals surface area contributed by atoms with Gasteiger partial charge < -0.3 is 29.0 Å². The van der Waals surface area contributed by atoms with Crippen LogP contribution in [-0.4, -0.2) is 115 Å². The Morgan fingerprint density at radius 1 is 0.917 bits per heavy atom. The molecule has 2 aromatic carbocycles. The van der Waals surface area contributed by atoms with Gasteiger partial charge in [0, 0.05) is 81.6 Å². The van der Waals surface area contributed by atoms with Crippen LogP contribution in [0.1, 0.15) is 79.1 Å². The Morgan fingerprint density at radius 3 is 2.47 bits per heavy atom. The quantitative estimate of drug-likeness (QED) is 0.0726. The monoisotopic (exact) mass is 817 g/mol. The molecule has 3 aliphatic rings. The van der Waals surface area contributed by atoms with E-state index in [4.69, 9.17) is 19.6 Å². The number of fused-ring (bicyclic) bond motifs is 1. The van der Waals surface area contributed by atoms with E-state index in [9.17, 15) is 19.2 Å². The van der Waals surface area contributed by atoms with E-state index in [2.05, 4.69) is 53.1 Å². The molecule has 0 bridgehead atoms. The van der Waals surface area contributed by atoms with Crippen LogP contribution >= 0.6 is 0 Å². The zero-order valence-corrected chi connectivity index (χ0v) is 35.4. The Morgan fingerprint density at radius 2 is 1.72 bits per heavy atom. The zero-order valence-electron chi connectivity index (χ0n) is 35.4. The van der Waals surface area contributed by atoms with Gasteiger partial charge in [0.05, 0.1) is 24.9 Å². The fourth-order valence-electron chi connectivity index (χ4n) is 8.91. The minimum atomic E-state index is -0.242. The van der Waals surface area contributed by atoms with Crippen LogP contribution in [0.4, 0.5) is 11.5 Å². The first kappa shape index (κ1) is 42.6.